The van der Waals surface area contributed by atoms with Gasteiger partial charge < -0.3 is 14.7 Å². The molecule has 0 bridgehead atoms. The monoisotopic (exact) mass is 497 g/mol. The van der Waals surface area contributed by atoms with Gasteiger partial charge in [-0.3, -0.25) is 14.6 Å². The zero-order valence-electron chi connectivity index (χ0n) is 20.2. The fourth-order valence-corrected chi connectivity index (χ4v) is 6.90. The SMILES string of the molecule is CC(=O)N1CCC2(C1)CN(C(=O)Cc1ccccn1)c1ccc(S(=O)(=O)N3CCN(C)CC3)cc12. The van der Waals surface area contributed by atoms with Crippen molar-refractivity contribution in [2.24, 2.45) is 0 Å². The van der Waals surface area contributed by atoms with Crippen LogP contribution in [0.1, 0.15) is 24.6 Å². The van der Waals surface area contributed by atoms with Gasteiger partial charge in [0, 0.05) is 75.7 Å². The van der Waals surface area contributed by atoms with Gasteiger partial charge in [0.05, 0.1) is 11.3 Å². The highest BCUT2D eigenvalue weighted by atomic mass is 32.2. The van der Waals surface area contributed by atoms with Crippen molar-refractivity contribution >= 4 is 27.5 Å². The van der Waals surface area contributed by atoms with Crippen LogP contribution in [0.15, 0.2) is 47.5 Å². The summed E-state index contributed by atoms with van der Waals surface area (Å²) in [6, 6.07) is 10.6. The van der Waals surface area contributed by atoms with Gasteiger partial charge in [0.15, 0.2) is 0 Å². The van der Waals surface area contributed by atoms with Crippen LogP contribution >= 0.6 is 0 Å². The van der Waals surface area contributed by atoms with Gasteiger partial charge in [-0.2, -0.15) is 4.31 Å². The molecular formula is C25H31N5O4S. The Morgan fingerprint density at radius 2 is 1.80 bits per heavy atom. The van der Waals surface area contributed by atoms with E-state index in [1.807, 2.05) is 25.2 Å². The molecule has 2 saturated heterocycles. The topological polar surface area (TPSA) is 94.1 Å². The lowest BCUT2D eigenvalue weighted by Gasteiger charge is -2.32. The number of fused-ring (bicyclic) bond motifs is 2. The number of carbonyl (C=O) groups is 2. The Bertz CT molecular complexity index is 1240. The predicted molar refractivity (Wildman–Crippen MR) is 132 cm³/mol. The maximum atomic E-state index is 13.5. The molecule has 35 heavy (non-hydrogen) atoms. The van der Waals surface area contributed by atoms with E-state index >= 15 is 0 Å². The van der Waals surface area contributed by atoms with Gasteiger partial charge in [0.2, 0.25) is 21.8 Å². The van der Waals surface area contributed by atoms with E-state index in [0.717, 1.165) is 11.3 Å². The molecule has 3 aliphatic rings. The first-order valence-electron chi connectivity index (χ1n) is 12.0. The Balaban J connectivity index is 1.51. The third kappa shape index (κ3) is 4.34. The van der Waals surface area contributed by atoms with Crippen molar-refractivity contribution in [3.63, 3.8) is 0 Å². The molecule has 10 heteroatoms. The zero-order chi connectivity index (χ0) is 24.8. The lowest BCUT2D eigenvalue weighted by molar-refractivity contribution is -0.127. The lowest BCUT2D eigenvalue weighted by atomic mass is 9.81. The van der Waals surface area contributed by atoms with Gasteiger partial charge in [-0.25, -0.2) is 8.42 Å². The van der Waals surface area contributed by atoms with Crippen LogP contribution in [-0.2, 0) is 31.4 Å². The van der Waals surface area contributed by atoms with Crippen molar-refractivity contribution in [3.8, 4) is 0 Å². The van der Waals surface area contributed by atoms with E-state index in [1.54, 1.807) is 41.1 Å². The van der Waals surface area contributed by atoms with E-state index in [4.69, 9.17) is 0 Å². The molecule has 3 aliphatic heterocycles. The quantitative estimate of drug-likeness (QED) is 0.628. The zero-order valence-corrected chi connectivity index (χ0v) is 21.0. The van der Waals surface area contributed by atoms with Gasteiger partial charge >= 0.3 is 0 Å². The summed E-state index contributed by atoms with van der Waals surface area (Å²) in [6.07, 6.45) is 2.51. The normalized spacial score (nSPS) is 23.1. The summed E-state index contributed by atoms with van der Waals surface area (Å²) in [4.78, 5) is 35.7. The number of sulfonamides is 1. The molecule has 2 amide bonds. The van der Waals surface area contributed by atoms with Crippen molar-refractivity contribution in [1.29, 1.82) is 0 Å². The maximum Gasteiger partial charge on any atom is 0.243 e. The largest absolute Gasteiger partial charge is 0.342 e. The molecule has 1 aromatic heterocycles. The van der Waals surface area contributed by atoms with Crippen LogP contribution in [0, 0.1) is 0 Å². The van der Waals surface area contributed by atoms with Crippen LogP contribution < -0.4 is 4.90 Å². The summed E-state index contributed by atoms with van der Waals surface area (Å²) < 4.78 is 28.5. The Morgan fingerprint density at radius 1 is 1.03 bits per heavy atom. The van der Waals surface area contributed by atoms with E-state index < -0.39 is 15.4 Å². The third-order valence-corrected chi connectivity index (χ3v) is 9.44. The number of benzene rings is 1. The molecule has 9 nitrogen and oxygen atoms in total. The second-order valence-electron chi connectivity index (χ2n) is 9.83. The number of piperazine rings is 1. The van der Waals surface area contributed by atoms with Crippen LogP contribution in [0.2, 0.25) is 0 Å². The van der Waals surface area contributed by atoms with Crippen molar-refractivity contribution in [2.75, 3.05) is 57.8 Å². The lowest BCUT2D eigenvalue weighted by Crippen LogP contribution is -2.47. The molecule has 0 aliphatic carbocycles. The summed E-state index contributed by atoms with van der Waals surface area (Å²) in [5.74, 6) is -0.0966. The molecule has 2 aromatic rings. The minimum absolute atomic E-state index is 0.0112. The van der Waals surface area contributed by atoms with Crippen molar-refractivity contribution in [3.05, 3.63) is 53.9 Å². The number of nitrogens with zero attached hydrogens (tertiary/aromatic N) is 5. The van der Waals surface area contributed by atoms with Crippen LogP contribution in [0.5, 0.6) is 0 Å². The second-order valence-corrected chi connectivity index (χ2v) is 11.8. The predicted octanol–water partition coefficient (Wildman–Crippen LogP) is 1.10. The first-order chi connectivity index (χ1) is 16.7. The maximum absolute atomic E-state index is 13.5. The van der Waals surface area contributed by atoms with E-state index in [1.165, 1.54) is 4.31 Å². The van der Waals surface area contributed by atoms with Crippen molar-refractivity contribution in [1.82, 2.24) is 19.1 Å². The molecule has 1 spiro atoms. The average Bonchev–Trinajstić information content (AvgIpc) is 3.42. The molecule has 1 aromatic carbocycles. The molecule has 5 rings (SSSR count). The third-order valence-electron chi connectivity index (χ3n) is 7.55. The number of hydrogen-bond donors (Lipinski definition) is 0. The molecule has 1 atom stereocenters. The molecule has 0 saturated carbocycles. The molecule has 0 radical (unpaired) electrons. The first-order valence-corrected chi connectivity index (χ1v) is 13.4. The van der Waals surface area contributed by atoms with Gasteiger partial charge in [-0.1, -0.05) is 6.07 Å². The number of aromatic nitrogens is 1. The minimum Gasteiger partial charge on any atom is -0.342 e. The standard InChI is InChI=1S/C25H31N5O4S/c1-19(31)28-10-8-25(17-28)18-30(24(32)15-20-5-3-4-9-26-20)23-7-6-21(16-22(23)25)35(33,34)29-13-11-27(2)12-14-29/h3-7,9,16H,8,10-15,17-18H2,1-2H3. The highest BCUT2D eigenvalue weighted by molar-refractivity contribution is 7.89. The van der Waals surface area contributed by atoms with Crippen LogP contribution in [0.25, 0.3) is 0 Å². The Morgan fingerprint density at radius 3 is 2.46 bits per heavy atom. The molecule has 0 N–H and O–H groups in total. The van der Waals surface area contributed by atoms with Crippen LogP contribution in [-0.4, -0.2) is 92.2 Å². The molecule has 186 valence electrons. The summed E-state index contributed by atoms with van der Waals surface area (Å²) >= 11 is 0. The van der Waals surface area contributed by atoms with E-state index in [9.17, 15) is 18.0 Å². The van der Waals surface area contributed by atoms with Crippen molar-refractivity contribution in [2.45, 2.75) is 30.1 Å². The van der Waals surface area contributed by atoms with Crippen LogP contribution in [0.3, 0.4) is 0 Å². The average molecular weight is 498 g/mol. The van der Waals surface area contributed by atoms with Crippen LogP contribution in [0.4, 0.5) is 5.69 Å². The first kappa shape index (κ1) is 23.9. The molecule has 1 unspecified atom stereocenters. The number of carbonyl (C=O) groups excluding carboxylic acids is 2. The fraction of sp³-hybridized carbons (Fsp3) is 0.480. The summed E-state index contributed by atoms with van der Waals surface area (Å²) in [5.41, 5.74) is 1.78. The highest BCUT2D eigenvalue weighted by Crippen LogP contribution is 2.47. The number of amides is 2. The Hall–Kier alpha value is -2.82. The number of rotatable bonds is 4. The second kappa shape index (κ2) is 9.00. The van der Waals surface area contributed by atoms with E-state index in [2.05, 4.69) is 9.88 Å². The smallest absolute Gasteiger partial charge is 0.243 e. The van der Waals surface area contributed by atoms with Gasteiger partial charge in [-0.05, 0) is 49.4 Å². The summed E-state index contributed by atoms with van der Waals surface area (Å²) in [5, 5.41) is 0. The number of pyridine rings is 1. The number of hydrogen-bond acceptors (Lipinski definition) is 6. The van der Waals surface area contributed by atoms with Gasteiger partial charge in [0.25, 0.3) is 0 Å². The van der Waals surface area contributed by atoms with Gasteiger partial charge in [-0.15, -0.1) is 0 Å². The highest BCUT2D eigenvalue weighted by Gasteiger charge is 2.49. The number of anilines is 1. The number of likely N-dealkylation sites (tertiary alicyclic amines) is 1. The fourth-order valence-electron chi connectivity index (χ4n) is 5.45. The van der Waals surface area contributed by atoms with Gasteiger partial charge in [0.1, 0.15) is 0 Å². The van der Waals surface area contributed by atoms with E-state index in [-0.39, 0.29) is 23.1 Å². The Labute approximate surface area is 206 Å². The van der Waals surface area contributed by atoms with E-state index in [0.29, 0.717) is 57.9 Å². The summed E-state index contributed by atoms with van der Waals surface area (Å²) in [7, 11) is -1.67. The summed E-state index contributed by atoms with van der Waals surface area (Å²) in [6.45, 7) is 5.33. The molecular weight excluding hydrogens is 466 g/mol. The Kier molecular flexibility index (Phi) is 6.14. The number of likely N-dealkylation sites (N-methyl/N-ethyl adjacent to an activating group) is 1. The molecule has 4 heterocycles. The minimum atomic E-state index is -3.66. The van der Waals surface area contributed by atoms with Crippen molar-refractivity contribution < 1.29 is 18.0 Å². The molecule has 2 fully saturated rings.